The highest BCUT2D eigenvalue weighted by Crippen LogP contribution is 2.39. The third-order valence-electron chi connectivity index (χ3n) is 4.29. The van der Waals surface area contributed by atoms with Crippen molar-refractivity contribution in [1.29, 1.82) is 0 Å². The monoisotopic (exact) mass is 313 g/mol. The largest absolute Gasteiger partial charge is 0.217 e. The van der Waals surface area contributed by atoms with Crippen molar-refractivity contribution in [2.75, 3.05) is 0 Å². The van der Waals surface area contributed by atoms with Crippen LogP contribution >= 0.6 is 0 Å². The highest BCUT2D eigenvalue weighted by Gasteiger charge is 2.42. The van der Waals surface area contributed by atoms with E-state index < -0.39 is 20.3 Å². The number of sulfonamides is 1. The molecule has 0 spiro atoms. The quantitative estimate of drug-likeness (QED) is 0.678. The van der Waals surface area contributed by atoms with Crippen LogP contribution in [-0.4, -0.2) is 18.7 Å². The van der Waals surface area contributed by atoms with E-state index >= 15 is 0 Å². The van der Waals surface area contributed by atoms with Crippen molar-refractivity contribution in [2.45, 2.75) is 82.9 Å². The number of rotatable bonds is 8. The topological polar surface area (TPSA) is 46.2 Å². The average Bonchev–Trinajstić information content (AvgIpc) is 2.75. The summed E-state index contributed by atoms with van der Waals surface area (Å²) in [4.78, 5) is 0. The molecule has 0 fully saturated rings. The van der Waals surface area contributed by atoms with E-state index in [0.717, 1.165) is 44.9 Å². The van der Waals surface area contributed by atoms with Gasteiger partial charge >= 0.3 is 0 Å². The van der Waals surface area contributed by atoms with Crippen molar-refractivity contribution in [3.8, 4) is 0 Å². The summed E-state index contributed by atoms with van der Waals surface area (Å²) in [5.41, 5.74) is 0.883. The molecule has 1 aliphatic rings. The van der Waals surface area contributed by atoms with Gasteiger partial charge in [0.05, 0.1) is 10.3 Å². The molecular weight excluding hydrogens is 282 g/mol. The summed E-state index contributed by atoms with van der Waals surface area (Å²) in [5, 5.41) is 0. The third-order valence-corrected chi connectivity index (χ3v) is 6.56. The van der Waals surface area contributed by atoms with Gasteiger partial charge < -0.3 is 0 Å². The predicted molar refractivity (Wildman–Crippen MR) is 90.8 cm³/mol. The zero-order chi connectivity index (χ0) is 16.1. The normalized spacial score (nSPS) is 23.1. The minimum atomic E-state index is -3.35. The van der Waals surface area contributed by atoms with Crippen molar-refractivity contribution in [1.82, 2.24) is 4.72 Å². The van der Waals surface area contributed by atoms with Gasteiger partial charge in [-0.05, 0) is 59.3 Å². The fourth-order valence-corrected chi connectivity index (χ4v) is 3.93. The smallest absolute Gasteiger partial charge is 0.212 e. The van der Waals surface area contributed by atoms with Crippen molar-refractivity contribution in [3.05, 3.63) is 24.3 Å². The molecule has 0 bridgehead atoms. The number of unbranched alkanes of at least 4 members (excludes halogenated alkanes) is 1. The van der Waals surface area contributed by atoms with Crippen molar-refractivity contribution >= 4 is 10.0 Å². The van der Waals surface area contributed by atoms with Gasteiger partial charge in [0.2, 0.25) is 10.0 Å². The minimum Gasteiger partial charge on any atom is -0.212 e. The Morgan fingerprint density at radius 1 is 1.43 bits per heavy atom. The molecule has 0 aromatic carbocycles. The lowest BCUT2D eigenvalue weighted by atomic mass is 9.85. The van der Waals surface area contributed by atoms with Crippen LogP contribution in [0.2, 0.25) is 0 Å². The Morgan fingerprint density at radius 3 is 2.62 bits per heavy atom. The van der Waals surface area contributed by atoms with Crippen LogP contribution in [0.1, 0.15) is 72.6 Å². The van der Waals surface area contributed by atoms with Gasteiger partial charge in [0.15, 0.2) is 0 Å². The van der Waals surface area contributed by atoms with Gasteiger partial charge in [-0.3, -0.25) is 0 Å². The molecule has 0 aliphatic heterocycles. The van der Waals surface area contributed by atoms with Crippen molar-refractivity contribution in [3.63, 3.8) is 0 Å². The molecule has 21 heavy (non-hydrogen) atoms. The van der Waals surface area contributed by atoms with E-state index in [4.69, 9.17) is 0 Å². The average molecular weight is 314 g/mol. The first kappa shape index (κ1) is 18.4. The minimum absolute atomic E-state index is 0.393. The lowest BCUT2D eigenvalue weighted by Crippen LogP contribution is -2.53. The Kier molecular flexibility index (Phi) is 6.23. The molecule has 0 saturated heterocycles. The third kappa shape index (κ3) is 4.43. The molecule has 1 atom stereocenters. The molecule has 0 aromatic heterocycles. The molecule has 0 saturated carbocycles. The number of allylic oxidation sites excluding steroid dienone is 2. The maximum Gasteiger partial charge on any atom is 0.217 e. The molecule has 0 heterocycles. The molecule has 4 heteroatoms. The van der Waals surface area contributed by atoms with E-state index in [1.54, 1.807) is 20.8 Å². The molecule has 0 amide bonds. The second-order valence-electron chi connectivity index (χ2n) is 7.00. The molecule has 1 N–H and O–H groups in total. The van der Waals surface area contributed by atoms with Crippen LogP contribution in [0.5, 0.6) is 0 Å². The number of hydrogen-bond acceptors (Lipinski definition) is 2. The van der Waals surface area contributed by atoms with Crippen LogP contribution in [0.25, 0.3) is 0 Å². The van der Waals surface area contributed by atoms with E-state index in [1.807, 2.05) is 6.08 Å². The van der Waals surface area contributed by atoms with E-state index in [9.17, 15) is 8.42 Å². The summed E-state index contributed by atoms with van der Waals surface area (Å²) in [5.74, 6) is 0. The zero-order valence-corrected chi connectivity index (χ0v) is 14.9. The lowest BCUT2D eigenvalue weighted by Gasteiger charge is -2.36. The van der Waals surface area contributed by atoms with Gasteiger partial charge in [-0.1, -0.05) is 31.1 Å². The first-order valence-corrected chi connectivity index (χ1v) is 9.51. The molecule has 0 radical (unpaired) electrons. The van der Waals surface area contributed by atoms with Crippen LogP contribution in [-0.2, 0) is 10.0 Å². The summed E-state index contributed by atoms with van der Waals surface area (Å²) >= 11 is 0. The van der Waals surface area contributed by atoms with Gasteiger partial charge in [0.1, 0.15) is 0 Å². The second-order valence-corrected chi connectivity index (χ2v) is 9.43. The van der Waals surface area contributed by atoms with Gasteiger partial charge in [0.25, 0.3) is 0 Å². The Morgan fingerprint density at radius 2 is 2.10 bits per heavy atom. The first-order chi connectivity index (χ1) is 9.68. The standard InChI is InChI=1S/C17H31NO2S/c1-6-8-11-15-12-10-14-17(15,13-9-7-2)18-21(19,20)16(3,4)5/h7,12,18H,2,6,8-11,13-14H2,1,3-5H3. The summed E-state index contributed by atoms with van der Waals surface area (Å²) < 4.78 is 27.5. The van der Waals surface area contributed by atoms with E-state index in [0.29, 0.717) is 0 Å². The Bertz CT molecular complexity index is 485. The van der Waals surface area contributed by atoms with Gasteiger partial charge in [-0.25, -0.2) is 13.1 Å². The second kappa shape index (κ2) is 7.10. The molecule has 0 aromatic rings. The van der Waals surface area contributed by atoms with Crippen molar-refractivity contribution in [2.24, 2.45) is 0 Å². The molecule has 1 rings (SSSR count). The van der Waals surface area contributed by atoms with E-state index in [-0.39, 0.29) is 0 Å². The molecular formula is C17H31NO2S. The Balaban J connectivity index is 3.05. The summed E-state index contributed by atoms with van der Waals surface area (Å²) in [6.45, 7) is 11.2. The molecule has 1 aliphatic carbocycles. The van der Waals surface area contributed by atoms with Crippen LogP contribution in [0.3, 0.4) is 0 Å². The number of nitrogens with one attached hydrogen (secondary N) is 1. The fourth-order valence-electron chi connectivity index (χ4n) is 2.77. The molecule has 3 nitrogen and oxygen atoms in total. The fraction of sp³-hybridized carbons (Fsp3) is 0.765. The first-order valence-electron chi connectivity index (χ1n) is 8.02. The maximum atomic E-state index is 12.6. The zero-order valence-electron chi connectivity index (χ0n) is 14.0. The molecule has 1 unspecified atom stereocenters. The van der Waals surface area contributed by atoms with Gasteiger partial charge in [-0.2, -0.15) is 0 Å². The van der Waals surface area contributed by atoms with Gasteiger partial charge in [-0.15, -0.1) is 6.58 Å². The van der Waals surface area contributed by atoms with E-state index in [2.05, 4.69) is 24.3 Å². The highest BCUT2D eigenvalue weighted by atomic mass is 32.2. The van der Waals surface area contributed by atoms with Crippen LogP contribution in [0, 0.1) is 0 Å². The van der Waals surface area contributed by atoms with E-state index in [1.165, 1.54) is 5.57 Å². The molecule has 122 valence electrons. The summed E-state index contributed by atoms with van der Waals surface area (Å²) in [7, 11) is -3.35. The van der Waals surface area contributed by atoms with Gasteiger partial charge in [0, 0.05) is 0 Å². The van der Waals surface area contributed by atoms with Crippen LogP contribution < -0.4 is 4.72 Å². The SMILES string of the molecule is C=CCCC1(NS(=O)(=O)C(C)(C)C)CCC=C1CCCC. The number of hydrogen-bond donors (Lipinski definition) is 1. The predicted octanol–water partition coefficient (Wildman–Crippen LogP) is 4.32. The van der Waals surface area contributed by atoms with Crippen molar-refractivity contribution < 1.29 is 8.42 Å². The Labute approximate surface area is 131 Å². The Hall–Kier alpha value is -0.610. The lowest BCUT2D eigenvalue weighted by molar-refractivity contribution is 0.391. The van der Waals surface area contributed by atoms with Crippen LogP contribution in [0.15, 0.2) is 24.3 Å². The van der Waals surface area contributed by atoms with Crippen LogP contribution in [0.4, 0.5) is 0 Å². The summed E-state index contributed by atoms with van der Waals surface area (Å²) in [6.07, 6.45) is 10.8. The highest BCUT2D eigenvalue weighted by molar-refractivity contribution is 7.90. The maximum absolute atomic E-state index is 12.6. The summed E-state index contributed by atoms with van der Waals surface area (Å²) in [6, 6.07) is 0.